The maximum atomic E-state index is 12.6. The van der Waals surface area contributed by atoms with Crippen LogP contribution in [0.25, 0.3) is 6.08 Å². The van der Waals surface area contributed by atoms with Crippen LogP contribution in [0.3, 0.4) is 0 Å². The minimum Gasteiger partial charge on any atom is -0.493 e. The number of hydrogen-bond donors (Lipinski definition) is 1. The first-order chi connectivity index (χ1) is 17.2. The third-order valence-corrected chi connectivity index (χ3v) is 6.97. The van der Waals surface area contributed by atoms with Crippen molar-refractivity contribution in [3.05, 3.63) is 58.6 Å². The normalized spacial score (nSPS) is 16.5. The van der Waals surface area contributed by atoms with Crippen LogP contribution in [0, 0.1) is 5.41 Å². The molecule has 10 nitrogen and oxygen atoms in total. The number of nitrogens with one attached hydrogen (secondary N) is 1. The maximum absolute atomic E-state index is 12.6. The molecule has 4 rings (SSSR count). The molecule has 0 unspecified atom stereocenters. The highest BCUT2D eigenvalue weighted by Gasteiger charge is 2.41. The van der Waals surface area contributed by atoms with Gasteiger partial charge in [-0.05, 0) is 35.9 Å². The van der Waals surface area contributed by atoms with E-state index in [0.717, 1.165) is 28.9 Å². The first-order valence-electron chi connectivity index (χ1n) is 10.6. The van der Waals surface area contributed by atoms with Crippen molar-refractivity contribution < 1.29 is 27.4 Å². The molecule has 2 aromatic carbocycles. The van der Waals surface area contributed by atoms with Gasteiger partial charge in [-0.3, -0.25) is 10.2 Å². The minimum absolute atomic E-state index is 0.0122. The summed E-state index contributed by atoms with van der Waals surface area (Å²) in [7, 11) is -2.29. The largest absolute Gasteiger partial charge is 0.493 e. The van der Waals surface area contributed by atoms with Crippen LogP contribution in [0.5, 0.6) is 17.2 Å². The van der Waals surface area contributed by atoms with Crippen LogP contribution in [-0.2, 0) is 14.6 Å². The van der Waals surface area contributed by atoms with E-state index >= 15 is 0 Å². The van der Waals surface area contributed by atoms with E-state index in [1.807, 2.05) is 30.3 Å². The second-order valence-corrected chi connectivity index (χ2v) is 10.6. The standard InChI is InChI=1S/C23H21ClN4O6S2/c1-32-18-13-14(12-17(24)19(18)34-10-6-9-33-15-7-4-3-5-8-15)11-16-20(25)28-22(26-21(16)29)35-27-23(28)36(2,30)31/h3-5,7-8,11-13,25H,6,9-10H2,1-2H3/b16-11-,25-20?. The summed E-state index contributed by atoms with van der Waals surface area (Å²) in [5.41, 5.74) is 0.315. The average Bonchev–Trinajstić information content (AvgIpc) is 3.27. The van der Waals surface area contributed by atoms with Crippen molar-refractivity contribution in [1.82, 2.24) is 4.90 Å². The Bertz CT molecular complexity index is 1410. The first-order valence-corrected chi connectivity index (χ1v) is 13.6. The van der Waals surface area contributed by atoms with Gasteiger partial charge in [0.1, 0.15) is 11.6 Å². The zero-order chi connectivity index (χ0) is 25.9. The number of rotatable bonds is 8. The van der Waals surface area contributed by atoms with Crippen LogP contribution in [-0.4, -0.2) is 62.0 Å². The summed E-state index contributed by atoms with van der Waals surface area (Å²) in [6, 6.07) is 12.6. The molecule has 0 bridgehead atoms. The summed E-state index contributed by atoms with van der Waals surface area (Å²) in [4.78, 5) is 17.5. The third kappa shape index (κ3) is 5.55. The van der Waals surface area contributed by atoms with Crippen molar-refractivity contribution in [3.8, 4) is 17.2 Å². The molecule has 1 N–H and O–H groups in total. The molecule has 36 heavy (non-hydrogen) atoms. The fourth-order valence-corrected chi connectivity index (χ4v) is 5.43. The van der Waals surface area contributed by atoms with E-state index in [0.29, 0.717) is 36.7 Å². The number of amides is 1. The highest BCUT2D eigenvalue weighted by molar-refractivity contribution is 8.16. The van der Waals surface area contributed by atoms with Gasteiger partial charge in [-0.15, -0.1) is 0 Å². The van der Waals surface area contributed by atoms with Crippen LogP contribution < -0.4 is 14.2 Å². The number of nitrogens with zero attached hydrogens (tertiary/aromatic N) is 3. The number of ether oxygens (including phenoxy) is 3. The van der Waals surface area contributed by atoms with Crippen molar-refractivity contribution in [3.63, 3.8) is 0 Å². The van der Waals surface area contributed by atoms with Gasteiger partial charge in [0.15, 0.2) is 11.5 Å². The number of carbonyl (C=O) groups excluding carboxylic acids is 1. The van der Waals surface area contributed by atoms with Gasteiger partial charge in [0.2, 0.25) is 20.2 Å². The van der Waals surface area contributed by atoms with E-state index in [1.54, 1.807) is 12.1 Å². The SMILES string of the molecule is COc1cc(/C=C2/C(=N)N3C(=NC2=O)SN=C3S(C)(=O)=O)cc(Cl)c1OCCCOc1ccccc1. The second kappa shape index (κ2) is 10.7. The molecule has 0 atom stereocenters. The number of aliphatic imine (C=N–C) groups is 1. The van der Waals surface area contributed by atoms with E-state index in [4.69, 9.17) is 31.2 Å². The van der Waals surface area contributed by atoms with Gasteiger partial charge in [-0.1, -0.05) is 29.8 Å². The lowest BCUT2D eigenvalue weighted by atomic mass is 10.1. The van der Waals surface area contributed by atoms with Gasteiger partial charge >= 0.3 is 0 Å². The highest BCUT2D eigenvalue weighted by Crippen LogP contribution is 2.38. The molecule has 0 aliphatic carbocycles. The highest BCUT2D eigenvalue weighted by atomic mass is 35.5. The Balaban J connectivity index is 1.49. The summed E-state index contributed by atoms with van der Waals surface area (Å²) in [5.74, 6) is 0.374. The van der Waals surface area contributed by atoms with E-state index in [1.165, 1.54) is 13.2 Å². The quantitative estimate of drug-likeness (QED) is 0.299. The predicted octanol–water partition coefficient (Wildman–Crippen LogP) is 3.82. The number of para-hydroxylation sites is 1. The third-order valence-electron chi connectivity index (χ3n) is 4.94. The summed E-state index contributed by atoms with van der Waals surface area (Å²) >= 11 is 7.17. The molecule has 0 aromatic heterocycles. The molecular weight excluding hydrogens is 528 g/mol. The zero-order valence-corrected chi connectivity index (χ0v) is 21.6. The fourth-order valence-electron chi connectivity index (χ4n) is 3.31. The average molecular weight is 549 g/mol. The zero-order valence-electron chi connectivity index (χ0n) is 19.2. The van der Waals surface area contributed by atoms with Gasteiger partial charge in [0.25, 0.3) is 5.91 Å². The van der Waals surface area contributed by atoms with Crippen molar-refractivity contribution in [2.24, 2.45) is 9.39 Å². The molecular formula is C23H21ClN4O6S2. The molecule has 0 saturated carbocycles. The topological polar surface area (TPSA) is 131 Å². The van der Waals surface area contributed by atoms with E-state index in [-0.39, 0.29) is 26.8 Å². The molecule has 1 amide bonds. The number of benzene rings is 2. The van der Waals surface area contributed by atoms with Gasteiger partial charge in [-0.25, -0.2) is 13.3 Å². The Morgan fingerprint density at radius 1 is 1.17 bits per heavy atom. The lowest BCUT2D eigenvalue weighted by molar-refractivity contribution is -0.114. The number of sulfone groups is 1. The Labute approximate surface area is 217 Å². The number of amidine groups is 3. The lowest BCUT2D eigenvalue weighted by Gasteiger charge is -2.24. The Morgan fingerprint density at radius 2 is 1.89 bits per heavy atom. The second-order valence-electron chi connectivity index (χ2n) is 7.58. The summed E-state index contributed by atoms with van der Waals surface area (Å²) in [6.07, 6.45) is 2.96. The number of hydrogen-bond acceptors (Lipinski definition) is 9. The first kappa shape index (κ1) is 25.7. The molecule has 188 valence electrons. The molecule has 13 heteroatoms. The lowest BCUT2D eigenvalue weighted by Crippen LogP contribution is -2.45. The maximum Gasteiger partial charge on any atom is 0.283 e. The number of halogens is 1. The monoisotopic (exact) mass is 548 g/mol. The van der Waals surface area contributed by atoms with Gasteiger partial charge < -0.3 is 14.2 Å². The molecule has 0 spiro atoms. The van der Waals surface area contributed by atoms with E-state index < -0.39 is 15.7 Å². The Morgan fingerprint density at radius 3 is 2.58 bits per heavy atom. The van der Waals surface area contributed by atoms with Crippen LogP contribution >= 0.6 is 23.5 Å². The number of fused-ring (bicyclic) bond motifs is 1. The Hall–Kier alpha value is -3.35. The number of methoxy groups -OCH3 is 1. The van der Waals surface area contributed by atoms with Gasteiger partial charge in [-0.2, -0.15) is 9.39 Å². The van der Waals surface area contributed by atoms with Crippen LogP contribution in [0.1, 0.15) is 12.0 Å². The van der Waals surface area contributed by atoms with E-state index in [2.05, 4.69) is 9.39 Å². The molecule has 2 heterocycles. The molecule has 2 aliphatic heterocycles. The fraction of sp³-hybridized carbons (Fsp3) is 0.217. The summed E-state index contributed by atoms with van der Waals surface area (Å²) < 4.78 is 44.8. The molecule has 0 radical (unpaired) electrons. The van der Waals surface area contributed by atoms with Crippen molar-refractivity contribution in [2.45, 2.75) is 6.42 Å². The summed E-state index contributed by atoms with van der Waals surface area (Å²) in [5, 5.41) is 8.34. The van der Waals surface area contributed by atoms with Gasteiger partial charge in [0, 0.05) is 12.7 Å². The van der Waals surface area contributed by atoms with Crippen molar-refractivity contribution in [1.29, 1.82) is 5.41 Å². The van der Waals surface area contributed by atoms with Crippen LogP contribution in [0.2, 0.25) is 5.02 Å². The van der Waals surface area contributed by atoms with Crippen LogP contribution in [0.4, 0.5) is 0 Å². The van der Waals surface area contributed by atoms with Crippen molar-refractivity contribution in [2.75, 3.05) is 26.6 Å². The number of carbonyl (C=O) groups is 1. The predicted molar refractivity (Wildman–Crippen MR) is 140 cm³/mol. The van der Waals surface area contributed by atoms with Crippen LogP contribution in [0.15, 0.2) is 57.4 Å². The minimum atomic E-state index is -3.74. The van der Waals surface area contributed by atoms with E-state index in [9.17, 15) is 13.2 Å². The molecule has 0 fully saturated rings. The van der Waals surface area contributed by atoms with Gasteiger partial charge in [0.05, 0.1) is 42.9 Å². The smallest absolute Gasteiger partial charge is 0.283 e. The Kier molecular flexibility index (Phi) is 7.67. The summed E-state index contributed by atoms with van der Waals surface area (Å²) in [6.45, 7) is 0.776. The molecule has 2 aliphatic rings. The van der Waals surface area contributed by atoms with Crippen molar-refractivity contribution >= 4 is 61.5 Å². The molecule has 2 aromatic rings. The molecule has 0 saturated heterocycles.